The van der Waals surface area contributed by atoms with Gasteiger partial charge in [0.1, 0.15) is 0 Å². The van der Waals surface area contributed by atoms with Crippen molar-refractivity contribution in [2.75, 3.05) is 11.4 Å². The van der Waals surface area contributed by atoms with E-state index >= 15 is 0 Å². The van der Waals surface area contributed by atoms with E-state index in [9.17, 15) is 4.79 Å². The number of carboxylic acids is 1. The third-order valence-corrected chi connectivity index (χ3v) is 4.20. The molecular formula is C20H21NO2. The molecule has 3 nitrogen and oxygen atoms in total. The number of unbranched alkanes of at least 4 members (excludes halogenated alkanes) is 1. The lowest BCUT2D eigenvalue weighted by Crippen LogP contribution is -2.25. The molecule has 0 atom stereocenters. The zero-order chi connectivity index (χ0) is 16.1. The molecule has 0 amide bonds. The Morgan fingerprint density at radius 3 is 2.48 bits per heavy atom. The van der Waals surface area contributed by atoms with Gasteiger partial charge in [-0.1, -0.05) is 54.6 Å². The van der Waals surface area contributed by atoms with E-state index in [1.807, 2.05) is 0 Å². The molecule has 1 N–H and O–H groups in total. The highest BCUT2D eigenvalue weighted by atomic mass is 16.4. The van der Waals surface area contributed by atoms with Gasteiger partial charge in [-0.25, -0.2) is 0 Å². The summed E-state index contributed by atoms with van der Waals surface area (Å²) in [5, 5.41) is 8.80. The minimum absolute atomic E-state index is 0.242. The summed E-state index contributed by atoms with van der Waals surface area (Å²) < 4.78 is 0. The van der Waals surface area contributed by atoms with Crippen LogP contribution in [0.15, 0.2) is 48.5 Å². The van der Waals surface area contributed by atoms with E-state index in [4.69, 9.17) is 5.11 Å². The third-order valence-electron chi connectivity index (χ3n) is 4.20. The first-order chi connectivity index (χ1) is 11.2. The molecule has 1 aliphatic rings. The normalized spacial score (nSPS) is 14.3. The van der Waals surface area contributed by atoms with Gasteiger partial charge in [-0.05, 0) is 35.6 Å². The van der Waals surface area contributed by atoms with Crippen LogP contribution in [-0.4, -0.2) is 17.6 Å². The minimum atomic E-state index is -0.716. The highest BCUT2D eigenvalue weighted by Crippen LogP contribution is 2.28. The van der Waals surface area contributed by atoms with E-state index in [-0.39, 0.29) is 6.42 Å². The topological polar surface area (TPSA) is 40.5 Å². The molecule has 2 aromatic carbocycles. The fourth-order valence-electron chi connectivity index (χ4n) is 3.01. The number of nitrogens with zero attached hydrogens (tertiary/aromatic N) is 1. The van der Waals surface area contributed by atoms with Crippen LogP contribution in [0, 0.1) is 0 Å². The van der Waals surface area contributed by atoms with E-state index in [0.717, 1.165) is 19.5 Å². The number of rotatable bonds is 5. The first-order valence-electron chi connectivity index (χ1n) is 8.06. The Morgan fingerprint density at radius 1 is 0.957 bits per heavy atom. The van der Waals surface area contributed by atoms with Crippen LogP contribution in [0.1, 0.15) is 36.0 Å². The molecule has 0 aromatic heterocycles. The highest BCUT2D eigenvalue weighted by Gasteiger charge is 2.14. The average Bonchev–Trinajstić information content (AvgIpc) is 2.55. The summed E-state index contributed by atoms with van der Waals surface area (Å²) in [6.07, 6.45) is 6.18. The van der Waals surface area contributed by atoms with Crippen molar-refractivity contribution in [2.24, 2.45) is 0 Å². The zero-order valence-corrected chi connectivity index (χ0v) is 13.1. The Labute approximate surface area is 136 Å². The fourth-order valence-corrected chi connectivity index (χ4v) is 3.01. The predicted octanol–water partition coefficient (Wildman–Crippen LogP) is 4.43. The van der Waals surface area contributed by atoms with E-state index in [1.54, 1.807) is 0 Å². The van der Waals surface area contributed by atoms with Crippen molar-refractivity contribution in [3.8, 4) is 0 Å². The summed E-state index contributed by atoms with van der Waals surface area (Å²) >= 11 is 0. The molecule has 118 valence electrons. The molecule has 0 aliphatic carbocycles. The van der Waals surface area contributed by atoms with Gasteiger partial charge in [0.2, 0.25) is 0 Å². The molecule has 2 aromatic rings. The maximum atomic E-state index is 10.7. The second-order valence-corrected chi connectivity index (χ2v) is 5.86. The van der Waals surface area contributed by atoms with Gasteiger partial charge in [0.15, 0.2) is 0 Å². The Hall–Kier alpha value is -2.55. The van der Waals surface area contributed by atoms with Crippen LogP contribution in [0.2, 0.25) is 0 Å². The summed E-state index contributed by atoms with van der Waals surface area (Å²) in [7, 11) is 0. The summed E-state index contributed by atoms with van der Waals surface area (Å²) in [4.78, 5) is 13.1. The van der Waals surface area contributed by atoms with Crippen molar-refractivity contribution in [1.29, 1.82) is 0 Å². The number of carbonyl (C=O) groups is 1. The molecule has 0 radical (unpaired) electrons. The smallest absolute Gasteiger partial charge is 0.303 e. The minimum Gasteiger partial charge on any atom is -0.481 e. The van der Waals surface area contributed by atoms with Crippen molar-refractivity contribution >= 4 is 23.8 Å². The first kappa shape index (κ1) is 15.3. The summed E-state index contributed by atoms with van der Waals surface area (Å²) in [6, 6.07) is 16.8. The van der Waals surface area contributed by atoms with Crippen LogP contribution in [0.25, 0.3) is 12.2 Å². The number of fused-ring (bicyclic) bond motifs is 2. The van der Waals surface area contributed by atoms with Gasteiger partial charge in [0.25, 0.3) is 0 Å². The van der Waals surface area contributed by atoms with Crippen LogP contribution < -0.4 is 4.90 Å². The quantitative estimate of drug-likeness (QED) is 0.831. The highest BCUT2D eigenvalue weighted by molar-refractivity contribution is 5.79. The maximum absolute atomic E-state index is 10.7. The second-order valence-electron chi connectivity index (χ2n) is 5.86. The largest absolute Gasteiger partial charge is 0.481 e. The lowest BCUT2D eigenvalue weighted by atomic mass is 10.0. The van der Waals surface area contributed by atoms with Gasteiger partial charge in [-0.2, -0.15) is 0 Å². The molecule has 0 unspecified atom stereocenters. The number of benzene rings is 2. The Bertz CT molecular complexity index is 721. The van der Waals surface area contributed by atoms with Gasteiger partial charge in [-0.3, -0.25) is 4.79 Å². The lowest BCUT2D eigenvalue weighted by Gasteiger charge is -2.28. The summed E-state index contributed by atoms with van der Waals surface area (Å²) in [5.74, 6) is -0.716. The van der Waals surface area contributed by atoms with Crippen LogP contribution in [0.5, 0.6) is 0 Å². The molecule has 3 rings (SSSR count). The van der Waals surface area contributed by atoms with Crippen molar-refractivity contribution in [3.63, 3.8) is 0 Å². The first-order valence-corrected chi connectivity index (χ1v) is 8.06. The molecule has 1 aliphatic heterocycles. The number of carboxylic acid groups (broad SMARTS) is 1. The number of para-hydroxylation sites is 1. The molecule has 0 bridgehead atoms. The van der Waals surface area contributed by atoms with E-state index in [0.29, 0.717) is 6.42 Å². The van der Waals surface area contributed by atoms with Crippen molar-refractivity contribution in [2.45, 2.75) is 25.8 Å². The Balaban J connectivity index is 1.85. The SMILES string of the molecule is O=C(O)CCCCN1Cc2ccccc2/C=C\c2ccccc21. The third kappa shape index (κ3) is 3.81. The fraction of sp³-hybridized carbons (Fsp3) is 0.250. The molecule has 0 saturated heterocycles. The van der Waals surface area contributed by atoms with Crippen molar-refractivity contribution in [3.05, 3.63) is 65.2 Å². The molecule has 23 heavy (non-hydrogen) atoms. The van der Waals surface area contributed by atoms with Gasteiger partial charge in [0, 0.05) is 25.2 Å². The molecule has 3 heteroatoms. The molecule has 0 spiro atoms. The van der Waals surface area contributed by atoms with Crippen molar-refractivity contribution < 1.29 is 9.90 Å². The number of aliphatic carboxylic acids is 1. The van der Waals surface area contributed by atoms with Gasteiger partial charge < -0.3 is 10.0 Å². The van der Waals surface area contributed by atoms with Crippen molar-refractivity contribution in [1.82, 2.24) is 0 Å². The van der Waals surface area contributed by atoms with Crippen LogP contribution in [-0.2, 0) is 11.3 Å². The molecule has 0 fully saturated rings. The lowest BCUT2D eigenvalue weighted by molar-refractivity contribution is -0.137. The van der Waals surface area contributed by atoms with Gasteiger partial charge in [0.05, 0.1) is 0 Å². The molecule has 1 heterocycles. The van der Waals surface area contributed by atoms with Crippen LogP contribution >= 0.6 is 0 Å². The summed E-state index contributed by atoms with van der Waals surface area (Å²) in [5.41, 5.74) is 4.97. The number of hydrogen-bond donors (Lipinski definition) is 1. The Morgan fingerprint density at radius 2 is 1.65 bits per heavy atom. The van der Waals surface area contributed by atoms with E-state index in [1.165, 1.54) is 22.4 Å². The maximum Gasteiger partial charge on any atom is 0.303 e. The van der Waals surface area contributed by atoms with E-state index in [2.05, 4.69) is 65.6 Å². The monoisotopic (exact) mass is 307 g/mol. The standard InChI is InChI=1S/C20H21NO2/c22-20(23)11-5-6-14-21-15-18-9-2-1-7-16(18)12-13-17-8-3-4-10-19(17)21/h1-4,7-10,12-13H,5-6,11,14-15H2,(H,22,23)/b13-12-. The van der Waals surface area contributed by atoms with Gasteiger partial charge >= 0.3 is 5.97 Å². The second kappa shape index (κ2) is 7.14. The van der Waals surface area contributed by atoms with E-state index < -0.39 is 5.97 Å². The predicted molar refractivity (Wildman–Crippen MR) is 94.3 cm³/mol. The van der Waals surface area contributed by atoms with Crippen LogP contribution in [0.3, 0.4) is 0 Å². The summed E-state index contributed by atoms with van der Waals surface area (Å²) in [6.45, 7) is 1.72. The average molecular weight is 307 g/mol. The number of hydrogen-bond acceptors (Lipinski definition) is 2. The number of anilines is 1. The Kier molecular flexibility index (Phi) is 4.77. The van der Waals surface area contributed by atoms with Gasteiger partial charge in [-0.15, -0.1) is 0 Å². The van der Waals surface area contributed by atoms with Crippen LogP contribution in [0.4, 0.5) is 5.69 Å². The zero-order valence-electron chi connectivity index (χ0n) is 13.1. The molecule has 0 saturated carbocycles. The molecular weight excluding hydrogens is 286 g/mol.